The minimum absolute atomic E-state index is 0.100. The monoisotopic (exact) mass is 467 g/mol. The molecule has 0 unspecified atom stereocenters. The number of anilines is 1. The summed E-state index contributed by atoms with van der Waals surface area (Å²) in [5, 5.41) is 2.55. The lowest BCUT2D eigenvalue weighted by molar-refractivity contribution is -0.137. The minimum Gasteiger partial charge on any atom is -0.473 e. The zero-order chi connectivity index (χ0) is 22.9. The van der Waals surface area contributed by atoms with Crippen molar-refractivity contribution >= 4 is 28.7 Å². The van der Waals surface area contributed by atoms with Crippen molar-refractivity contribution in [2.75, 3.05) is 11.9 Å². The van der Waals surface area contributed by atoms with Crippen molar-refractivity contribution in [3.05, 3.63) is 34.2 Å². The number of aromatic nitrogens is 4. The predicted octanol–water partition coefficient (Wildman–Crippen LogP) is 4.06. The van der Waals surface area contributed by atoms with Gasteiger partial charge in [-0.15, -0.1) is 11.3 Å². The number of halogens is 3. The first kappa shape index (κ1) is 21.1. The lowest BCUT2D eigenvalue weighted by Crippen LogP contribution is -2.45. The molecular weight excluding hydrogens is 447 g/mol. The van der Waals surface area contributed by atoms with Gasteiger partial charge in [0.15, 0.2) is 5.01 Å². The van der Waals surface area contributed by atoms with E-state index in [1.54, 1.807) is 24.4 Å². The maximum atomic E-state index is 12.8. The van der Waals surface area contributed by atoms with Gasteiger partial charge in [-0.25, -0.2) is 9.97 Å². The fourth-order valence-corrected chi connectivity index (χ4v) is 5.07. The summed E-state index contributed by atoms with van der Waals surface area (Å²) in [5.74, 6) is -0.260. The van der Waals surface area contributed by atoms with Crippen molar-refractivity contribution in [1.29, 1.82) is 0 Å². The Morgan fingerprint density at radius 1 is 1.28 bits per heavy atom. The molecule has 5 heterocycles. The molecule has 0 aromatic carbocycles. The predicted molar refractivity (Wildman–Crippen MR) is 109 cm³/mol. The van der Waals surface area contributed by atoms with Gasteiger partial charge in [-0.05, 0) is 33.6 Å². The molecule has 0 radical (unpaired) electrons. The van der Waals surface area contributed by atoms with E-state index < -0.39 is 17.1 Å². The number of hydrogen-bond acceptors (Lipinski definition) is 7. The van der Waals surface area contributed by atoms with Crippen molar-refractivity contribution in [3.8, 4) is 5.88 Å². The van der Waals surface area contributed by atoms with Gasteiger partial charge in [0.25, 0.3) is 5.91 Å². The summed E-state index contributed by atoms with van der Waals surface area (Å²) in [7, 11) is 0. The second-order valence-corrected chi connectivity index (χ2v) is 9.68. The van der Waals surface area contributed by atoms with Crippen LogP contribution in [0.4, 0.5) is 18.9 Å². The number of hydrogen-bond donors (Lipinski definition) is 1. The maximum absolute atomic E-state index is 12.8. The molecule has 3 aromatic rings. The van der Waals surface area contributed by atoms with E-state index in [0.29, 0.717) is 23.7 Å². The molecule has 2 saturated heterocycles. The topological polar surface area (TPSA) is 90.6 Å². The van der Waals surface area contributed by atoms with Crippen LogP contribution in [0.3, 0.4) is 0 Å². The molecule has 1 N–H and O–H groups in total. The van der Waals surface area contributed by atoms with E-state index in [1.807, 2.05) is 6.20 Å². The number of thiazole rings is 1. The van der Waals surface area contributed by atoms with Crippen molar-refractivity contribution < 1.29 is 27.4 Å². The van der Waals surface area contributed by atoms with Gasteiger partial charge in [-0.3, -0.25) is 9.20 Å². The third kappa shape index (κ3) is 3.51. The molecule has 1 aliphatic carbocycles. The molecule has 3 aliphatic rings. The van der Waals surface area contributed by atoms with Gasteiger partial charge < -0.3 is 14.8 Å². The summed E-state index contributed by atoms with van der Waals surface area (Å²) < 4.78 is 51.7. The number of rotatable bonds is 5. The van der Waals surface area contributed by atoms with E-state index in [2.05, 4.69) is 27.2 Å². The Morgan fingerprint density at radius 2 is 2.03 bits per heavy atom. The van der Waals surface area contributed by atoms with Gasteiger partial charge in [0.2, 0.25) is 11.7 Å². The van der Waals surface area contributed by atoms with E-state index in [4.69, 9.17) is 9.47 Å². The lowest BCUT2D eigenvalue weighted by Gasteiger charge is -2.41. The highest BCUT2D eigenvalue weighted by Crippen LogP contribution is 2.58. The van der Waals surface area contributed by atoms with Crippen LogP contribution in [0, 0.1) is 0 Å². The molecule has 32 heavy (non-hydrogen) atoms. The summed E-state index contributed by atoms with van der Waals surface area (Å²) in [6.07, 6.45) is 0.345. The van der Waals surface area contributed by atoms with Gasteiger partial charge in [0.05, 0.1) is 24.0 Å². The molecule has 3 fully saturated rings. The lowest BCUT2D eigenvalue weighted by atomic mass is 9.62. The smallest absolute Gasteiger partial charge is 0.443 e. The summed E-state index contributed by atoms with van der Waals surface area (Å²) in [6.45, 7) is 6.28. The standard InChI is InChI=1S/C20H20F3N5O3S/c1-10(2)31-15-11(24-14(29)12-6-32-16(25-12)20(21,22)23)4-28-5-13(26-17(28)27-15)19-7-18(3,8-19)30-9-19/h4-6,10H,7-9H2,1-3H3,(H,24,29). The Bertz CT molecular complexity index is 1210. The number of nitrogens with one attached hydrogen (secondary N) is 1. The van der Waals surface area contributed by atoms with Crippen LogP contribution in [-0.2, 0) is 16.3 Å². The number of carbonyl (C=O) groups excluding carboxylic acids is 1. The summed E-state index contributed by atoms with van der Waals surface area (Å²) in [4.78, 5) is 25.1. The number of carbonyl (C=O) groups is 1. The molecule has 12 heteroatoms. The average molecular weight is 467 g/mol. The van der Waals surface area contributed by atoms with Gasteiger partial charge in [-0.2, -0.15) is 18.2 Å². The Balaban J connectivity index is 1.47. The Labute approximate surface area is 184 Å². The Kier molecular flexibility index (Phi) is 4.55. The van der Waals surface area contributed by atoms with Crippen LogP contribution >= 0.6 is 11.3 Å². The van der Waals surface area contributed by atoms with Crippen molar-refractivity contribution in [2.45, 2.75) is 56.9 Å². The van der Waals surface area contributed by atoms with Gasteiger partial charge in [0.1, 0.15) is 11.4 Å². The zero-order valence-electron chi connectivity index (χ0n) is 17.5. The fourth-order valence-electron chi connectivity index (χ4n) is 4.41. The molecule has 0 atom stereocenters. The van der Waals surface area contributed by atoms with Crippen LogP contribution < -0.4 is 10.1 Å². The van der Waals surface area contributed by atoms with Gasteiger partial charge in [0, 0.05) is 23.2 Å². The van der Waals surface area contributed by atoms with Gasteiger partial charge in [-0.1, -0.05) is 0 Å². The second-order valence-electron chi connectivity index (χ2n) is 8.82. The fraction of sp³-hybridized carbons (Fsp3) is 0.500. The minimum atomic E-state index is -4.61. The first-order chi connectivity index (χ1) is 15.0. The van der Waals surface area contributed by atoms with Crippen LogP contribution in [0.25, 0.3) is 5.78 Å². The molecule has 170 valence electrons. The van der Waals surface area contributed by atoms with E-state index >= 15 is 0 Å². The highest BCUT2D eigenvalue weighted by atomic mass is 32.1. The normalized spacial score (nSPS) is 24.7. The van der Waals surface area contributed by atoms with Crippen molar-refractivity contribution in [2.24, 2.45) is 0 Å². The third-order valence-corrected chi connectivity index (χ3v) is 6.54. The number of ether oxygens (including phenoxy) is 2. The molecule has 1 saturated carbocycles. The first-order valence-electron chi connectivity index (χ1n) is 10.0. The molecule has 0 spiro atoms. The van der Waals surface area contributed by atoms with Crippen molar-refractivity contribution in [3.63, 3.8) is 0 Å². The molecule has 8 nitrogen and oxygen atoms in total. The average Bonchev–Trinajstić information content (AvgIpc) is 3.41. The molecule has 2 aliphatic heterocycles. The summed E-state index contributed by atoms with van der Waals surface area (Å²) in [6, 6.07) is 0. The van der Waals surface area contributed by atoms with Gasteiger partial charge >= 0.3 is 6.18 Å². The SMILES string of the molecule is CC(C)Oc1nc2nc(C34COC(C)(C3)C4)cn2cc1NC(=O)c1csc(C(F)(F)F)n1. The molecular formula is C20H20F3N5O3S. The molecule has 3 aromatic heterocycles. The van der Waals surface area contributed by atoms with Crippen LogP contribution in [0.2, 0.25) is 0 Å². The highest BCUT2D eigenvalue weighted by molar-refractivity contribution is 7.10. The van der Waals surface area contributed by atoms with E-state index in [1.165, 1.54) is 0 Å². The summed E-state index contributed by atoms with van der Waals surface area (Å²) in [5.41, 5.74) is 0.491. The molecule has 6 rings (SSSR count). The highest BCUT2D eigenvalue weighted by Gasteiger charge is 2.61. The van der Waals surface area contributed by atoms with E-state index in [-0.39, 0.29) is 34.4 Å². The number of amides is 1. The maximum Gasteiger partial charge on any atom is 0.443 e. The number of imidazole rings is 1. The zero-order valence-corrected chi connectivity index (χ0v) is 18.3. The largest absolute Gasteiger partial charge is 0.473 e. The van der Waals surface area contributed by atoms with Crippen LogP contribution in [0.5, 0.6) is 5.88 Å². The summed E-state index contributed by atoms with van der Waals surface area (Å²) >= 11 is 0.363. The molecule has 1 amide bonds. The first-order valence-corrected chi connectivity index (χ1v) is 10.9. The molecule has 2 bridgehead atoms. The van der Waals surface area contributed by atoms with Crippen LogP contribution in [0.1, 0.15) is 54.8 Å². The quantitative estimate of drug-likeness (QED) is 0.609. The van der Waals surface area contributed by atoms with E-state index in [0.717, 1.165) is 23.9 Å². The third-order valence-electron chi connectivity index (χ3n) is 5.65. The Morgan fingerprint density at radius 3 is 2.62 bits per heavy atom. The number of alkyl halides is 3. The van der Waals surface area contributed by atoms with Crippen molar-refractivity contribution in [1.82, 2.24) is 19.4 Å². The van der Waals surface area contributed by atoms with Crippen LogP contribution in [0.15, 0.2) is 17.8 Å². The van der Waals surface area contributed by atoms with Crippen LogP contribution in [-0.4, -0.2) is 43.6 Å². The number of nitrogens with zero attached hydrogens (tertiary/aromatic N) is 4. The Hall–Kier alpha value is -2.73. The number of fused-ring (bicyclic) bond motifs is 2. The van der Waals surface area contributed by atoms with E-state index in [9.17, 15) is 18.0 Å². The second kappa shape index (κ2) is 6.88.